The van der Waals surface area contributed by atoms with Crippen LogP contribution < -0.4 is 10.6 Å². The standard InChI is InChI=1S/C26H28F3N3O.C21H20F3N3O2/c1-4-5-18-12-22(30-9-8-26(27,28)29)25-31-14-23(32(25)15-18)19-6-7-21(17(3)11-19)24(33)13-20-10-16(20)2;1-3-4-14-10-17(25-8-7-21(22,23)24)19-26-11-18(27(19)12-14)15-5-6-16(20(28)29)13(2)9-15/h4-7,11-12,14-16,20,30H,8-10,13H2,1-3H3;3-6,9-12,25H,7-8H2,1-2H3,(H,28,29)/b5-4+;4-3+/t16-,20?;/m0./s1. The number of fused-ring (bicyclic) bond motifs is 2. The molecule has 7 rings (SSSR count). The maximum absolute atomic E-state index is 12.7. The molecule has 0 saturated heterocycles. The Morgan fingerprint density at radius 1 is 0.742 bits per heavy atom. The normalized spacial score (nSPS) is 15.3. The second-order valence-corrected chi connectivity index (χ2v) is 15.6. The fraction of sp³-hybridized carbons (Fsp3) is 0.319. The summed E-state index contributed by atoms with van der Waals surface area (Å²) in [5.41, 5.74) is 9.41. The summed E-state index contributed by atoms with van der Waals surface area (Å²) >= 11 is 0. The summed E-state index contributed by atoms with van der Waals surface area (Å²) in [7, 11) is 0. The number of carboxylic acids is 1. The minimum atomic E-state index is -4.24. The van der Waals surface area contributed by atoms with Gasteiger partial charge in [0.15, 0.2) is 17.1 Å². The van der Waals surface area contributed by atoms with Gasteiger partial charge in [0.05, 0.1) is 53.6 Å². The first-order valence-corrected chi connectivity index (χ1v) is 20.2. The number of pyridine rings is 2. The van der Waals surface area contributed by atoms with Crippen molar-refractivity contribution in [2.75, 3.05) is 23.7 Å². The molecular formula is C47H48F6N6O3. The van der Waals surface area contributed by atoms with Gasteiger partial charge < -0.3 is 15.7 Å². The van der Waals surface area contributed by atoms with E-state index in [1.54, 1.807) is 48.0 Å². The average Bonchev–Trinajstić information content (AvgIpc) is 3.51. The van der Waals surface area contributed by atoms with Crippen LogP contribution in [0.3, 0.4) is 0 Å². The SMILES string of the molecule is C/C=C/c1cc(NCCC(F)(F)F)c2ncc(-c3ccc(C(=O)CC4C[C@@H]4C)c(C)c3)n2c1.C/C=C/c1cc(NCCC(F)(F)F)c2ncc(-c3ccc(C(=O)O)c(C)c3)n2c1. The number of carboxylic acid groups (broad SMARTS) is 1. The van der Waals surface area contributed by atoms with E-state index in [4.69, 9.17) is 0 Å². The van der Waals surface area contributed by atoms with Crippen molar-refractivity contribution < 1.29 is 41.0 Å². The van der Waals surface area contributed by atoms with Crippen LogP contribution in [0.25, 0.3) is 46.0 Å². The molecule has 9 nitrogen and oxygen atoms in total. The minimum absolute atomic E-state index is 0.179. The number of aryl methyl sites for hydroxylation is 2. The number of carbonyl (C=O) groups is 2. The lowest BCUT2D eigenvalue weighted by Gasteiger charge is -2.12. The van der Waals surface area contributed by atoms with Crippen LogP contribution in [0.2, 0.25) is 0 Å². The second-order valence-electron chi connectivity index (χ2n) is 15.6. The molecule has 2 aromatic carbocycles. The van der Waals surface area contributed by atoms with Crippen LogP contribution in [-0.2, 0) is 0 Å². The molecule has 3 N–H and O–H groups in total. The number of hydrogen-bond donors (Lipinski definition) is 3. The van der Waals surface area contributed by atoms with Crippen molar-refractivity contribution in [2.45, 2.75) is 72.7 Å². The van der Waals surface area contributed by atoms with E-state index in [0.29, 0.717) is 52.2 Å². The summed E-state index contributed by atoms with van der Waals surface area (Å²) in [6, 6.07) is 14.3. The third-order valence-electron chi connectivity index (χ3n) is 10.7. The Bertz CT molecular complexity index is 2660. The van der Waals surface area contributed by atoms with Crippen molar-refractivity contribution in [1.29, 1.82) is 0 Å². The number of aromatic nitrogens is 4. The molecule has 0 aliphatic heterocycles. The van der Waals surface area contributed by atoms with E-state index in [9.17, 15) is 41.0 Å². The fourth-order valence-electron chi connectivity index (χ4n) is 7.38. The first-order valence-electron chi connectivity index (χ1n) is 20.2. The molecule has 62 heavy (non-hydrogen) atoms. The van der Waals surface area contributed by atoms with Crippen molar-refractivity contribution in [3.05, 3.63) is 119 Å². The third kappa shape index (κ3) is 11.1. The van der Waals surface area contributed by atoms with Crippen molar-refractivity contribution in [1.82, 2.24) is 18.8 Å². The Balaban J connectivity index is 0.000000209. The lowest BCUT2D eigenvalue weighted by Crippen LogP contribution is -2.15. The van der Waals surface area contributed by atoms with Crippen molar-refractivity contribution in [2.24, 2.45) is 11.8 Å². The van der Waals surface area contributed by atoms with E-state index in [-0.39, 0.29) is 24.4 Å². The highest BCUT2D eigenvalue weighted by Crippen LogP contribution is 2.41. The van der Waals surface area contributed by atoms with Crippen LogP contribution in [-0.4, -0.2) is 61.1 Å². The molecule has 326 valence electrons. The topological polar surface area (TPSA) is 113 Å². The van der Waals surface area contributed by atoms with Gasteiger partial charge in [-0.3, -0.25) is 13.6 Å². The lowest BCUT2D eigenvalue weighted by molar-refractivity contribution is -0.132. The number of hydrogen-bond acceptors (Lipinski definition) is 6. The largest absolute Gasteiger partial charge is 0.478 e. The smallest absolute Gasteiger partial charge is 0.390 e. The molecule has 4 aromatic heterocycles. The number of benzene rings is 2. The van der Waals surface area contributed by atoms with Gasteiger partial charge in [0.2, 0.25) is 0 Å². The van der Waals surface area contributed by atoms with Crippen molar-refractivity contribution in [3.63, 3.8) is 0 Å². The molecule has 15 heteroatoms. The van der Waals surface area contributed by atoms with Gasteiger partial charge in [-0.25, -0.2) is 14.8 Å². The van der Waals surface area contributed by atoms with Crippen molar-refractivity contribution in [3.8, 4) is 22.5 Å². The van der Waals surface area contributed by atoms with Crippen LogP contribution in [0.15, 0.2) is 85.5 Å². The van der Waals surface area contributed by atoms with Gasteiger partial charge in [0.1, 0.15) is 0 Å². The number of ketones is 1. The number of imidazole rings is 2. The molecule has 0 spiro atoms. The maximum Gasteiger partial charge on any atom is 0.390 e. The van der Waals surface area contributed by atoms with Crippen LogP contribution in [0.5, 0.6) is 0 Å². The molecule has 1 saturated carbocycles. The van der Waals surface area contributed by atoms with E-state index in [1.165, 1.54) is 6.07 Å². The fourth-order valence-corrected chi connectivity index (χ4v) is 7.38. The molecular weight excluding hydrogens is 811 g/mol. The average molecular weight is 859 g/mol. The maximum atomic E-state index is 12.7. The summed E-state index contributed by atoms with van der Waals surface area (Å²) in [6.45, 7) is 9.08. The number of aromatic carboxylic acids is 1. The van der Waals surface area contributed by atoms with Gasteiger partial charge in [0, 0.05) is 48.6 Å². The molecule has 4 heterocycles. The molecule has 0 amide bonds. The number of Topliss-reactive ketones (excluding diaryl/α,β-unsaturated/α-hetero) is 1. The zero-order valence-electron chi connectivity index (χ0n) is 35.0. The predicted molar refractivity (Wildman–Crippen MR) is 232 cm³/mol. The lowest BCUT2D eigenvalue weighted by atomic mass is 9.97. The Morgan fingerprint density at radius 2 is 1.18 bits per heavy atom. The third-order valence-corrected chi connectivity index (χ3v) is 10.7. The van der Waals surface area contributed by atoms with E-state index >= 15 is 0 Å². The van der Waals surface area contributed by atoms with Gasteiger partial charge in [-0.2, -0.15) is 26.3 Å². The number of rotatable bonds is 14. The summed E-state index contributed by atoms with van der Waals surface area (Å²) in [6.07, 6.45) is 5.92. The summed E-state index contributed by atoms with van der Waals surface area (Å²) in [5.74, 6) is 0.317. The minimum Gasteiger partial charge on any atom is -0.478 e. The highest BCUT2D eigenvalue weighted by molar-refractivity contribution is 5.98. The van der Waals surface area contributed by atoms with Crippen LogP contribution in [0.4, 0.5) is 37.7 Å². The van der Waals surface area contributed by atoms with E-state index in [2.05, 4.69) is 27.5 Å². The van der Waals surface area contributed by atoms with Crippen molar-refractivity contribution >= 4 is 46.6 Å². The number of nitrogens with zero attached hydrogens (tertiary/aromatic N) is 4. The highest BCUT2D eigenvalue weighted by Gasteiger charge is 2.34. The molecule has 1 aliphatic carbocycles. The van der Waals surface area contributed by atoms with Gasteiger partial charge in [-0.15, -0.1) is 0 Å². The van der Waals surface area contributed by atoms with Gasteiger partial charge in [-0.1, -0.05) is 49.4 Å². The molecule has 6 aromatic rings. The number of carbonyl (C=O) groups excluding carboxylic acids is 1. The Kier molecular flexibility index (Phi) is 13.6. The number of alkyl halides is 6. The predicted octanol–water partition coefficient (Wildman–Crippen LogP) is 12.3. The quantitative estimate of drug-likeness (QED) is 0.0738. The molecule has 0 radical (unpaired) electrons. The molecule has 2 atom stereocenters. The zero-order valence-corrected chi connectivity index (χ0v) is 35.0. The first-order chi connectivity index (χ1) is 29.3. The summed E-state index contributed by atoms with van der Waals surface area (Å²) in [5, 5.41) is 14.9. The van der Waals surface area contributed by atoms with E-state index in [0.717, 1.165) is 45.5 Å². The zero-order chi connectivity index (χ0) is 44.9. The Hall–Kier alpha value is -6.38. The van der Waals surface area contributed by atoms with Gasteiger partial charge in [-0.05, 0) is 98.5 Å². The highest BCUT2D eigenvalue weighted by atomic mass is 19.4. The Morgan fingerprint density at radius 3 is 1.55 bits per heavy atom. The number of nitrogens with one attached hydrogen (secondary N) is 2. The second kappa shape index (κ2) is 18.7. The molecule has 1 aliphatic rings. The van der Waals surface area contributed by atoms with Gasteiger partial charge in [0.25, 0.3) is 0 Å². The monoisotopic (exact) mass is 858 g/mol. The van der Waals surface area contributed by atoms with Crippen LogP contribution in [0, 0.1) is 25.7 Å². The van der Waals surface area contributed by atoms with Crippen LogP contribution in [0.1, 0.15) is 89.4 Å². The number of halogens is 6. The van der Waals surface area contributed by atoms with Gasteiger partial charge >= 0.3 is 18.3 Å². The number of anilines is 2. The Labute approximate surface area is 355 Å². The first kappa shape index (κ1) is 45.2. The summed E-state index contributed by atoms with van der Waals surface area (Å²) < 4.78 is 79.1. The van der Waals surface area contributed by atoms with E-state index < -0.39 is 31.2 Å². The number of allylic oxidation sites excluding steroid dienone is 2. The molecule has 1 unspecified atom stereocenters. The molecule has 1 fully saturated rings. The molecule has 0 bridgehead atoms. The summed E-state index contributed by atoms with van der Waals surface area (Å²) in [4.78, 5) is 32.8. The van der Waals surface area contributed by atoms with E-state index in [1.807, 2.05) is 80.1 Å². The van der Waals surface area contributed by atoms with Crippen LogP contribution >= 0.6 is 0 Å².